The van der Waals surface area contributed by atoms with Crippen LogP contribution in [0.15, 0.2) is 35.5 Å². The maximum atomic E-state index is 15.7. The van der Waals surface area contributed by atoms with E-state index < -0.39 is 41.4 Å². The fourth-order valence-corrected chi connectivity index (χ4v) is 6.23. The summed E-state index contributed by atoms with van der Waals surface area (Å²) in [5.74, 6) is -4.75. The van der Waals surface area contributed by atoms with Crippen LogP contribution >= 0.6 is 0 Å². The fourth-order valence-electron chi connectivity index (χ4n) is 6.23. The minimum Gasteiger partial charge on any atom is -0.487 e. The van der Waals surface area contributed by atoms with Crippen LogP contribution < -0.4 is 14.5 Å². The number of carbonyl (C=O) groups is 4. The first kappa shape index (κ1) is 23.6. The first-order chi connectivity index (χ1) is 18.7. The third-order valence-electron chi connectivity index (χ3n) is 8.24. The molecule has 2 amide bonds. The zero-order valence-corrected chi connectivity index (χ0v) is 20.8. The lowest BCUT2D eigenvalue weighted by molar-refractivity contribution is -0.139. The number of anilines is 2. The minimum atomic E-state index is -1.28. The van der Waals surface area contributed by atoms with Crippen LogP contribution in [-0.2, 0) is 9.63 Å². The highest BCUT2D eigenvalue weighted by atomic mass is 19.1. The van der Waals surface area contributed by atoms with Gasteiger partial charge in [0.25, 0.3) is 11.8 Å². The number of Topliss-reactive ketones (excluding diaryl/α,β-unsaturated/α-hetero) is 1. The van der Waals surface area contributed by atoms with Crippen molar-refractivity contribution in [3.8, 4) is 5.75 Å². The second-order valence-corrected chi connectivity index (χ2v) is 10.5. The Bertz CT molecular complexity index is 1490. The number of fused-ring (bicyclic) bond motifs is 2. The zero-order valence-electron chi connectivity index (χ0n) is 20.8. The third-order valence-corrected chi connectivity index (χ3v) is 8.24. The molecule has 1 N–H and O–H groups in total. The Hall–Kier alpha value is -4.48. The van der Waals surface area contributed by atoms with E-state index in [9.17, 15) is 24.3 Å². The van der Waals surface area contributed by atoms with Crippen molar-refractivity contribution < 1.29 is 38.2 Å². The van der Waals surface area contributed by atoms with E-state index in [1.807, 2.05) is 6.92 Å². The molecule has 2 aromatic carbocycles. The maximum absolute atomic E-state index is 15.7. The van der Waals surface area contributed by atoms with E-state index in [-0.39, 0.29) is 55.2 Å². The summed E-state index contributed by atoms with van der Waals surface area (Å²) in [6.07, 6.45) is -0.422. The van der Waals surface area contributed by atoms with E-state index in [2.05, 4.69) is 5.16 Å². The largest absolute Gasteiger partial charge is 0.487 e. The van der Waals surface area contributed by atoms with Crippen LogP contribution in [0.1, 0.15) is 38.0 Å². The van der Waals surface area contributed by atoms with Gasteiger partial charge in [-0.15, -0.1) is 0 Å². The number of halogens is 1. The summed E-state index contributed by atoms with van der Waals surface area (Å²) >= 11 is 0. The molecule has 0 saturated carbocycles. The van der Waals surface area contributed by atoms with Gasteiger partial charge in [0.15, 0.2) is 23.5 Å². The normalized spacial score (nSPS) is 26.7. The molecule has 4 atom stereocenters. The molecule has 5 heterocycles. The number of rotatable bonds is 4. The summed E-state index contributed by atoms with van der Waals surface area (Å²) in [6, 6.07) is 7.52. The number of ketones is 1. The van der Waals surface area contributed by atoms with E-state index in [0.29, 0.717) is 29.1 Å². The molecule has 200 valence electrons. The molecule has 0 radical (unpaired) electrons. The molecule has 12 heteroatoms. The van der Waals surface area contributed by atoms with Crippen molar-refractivity contribution in [3.05, 3.63) is 52.8 Å². The maximum Gasteiger partial charge on any atom is 0.316 e. The number of carboxylic acid groups (broad SMARTS) is 1. The monoisotopic (exact) mass is 534 g/mol. The van der Waals surface area contributed by atoms with Crippen molar-refractivity contribution in [1.82, 2.24) is 4.90 Å². The van der Waals surface area contributed by atoms with Crippen molar-refractivity contribution in [1.29, 1.82) is 0 Å². The van der Waals surface area contributed by atoms with Gasteiger partial charge in [-0.3, -0.25) is 24.1 Å². The number of ether oxygens (including phenoxy) is 1. The molecule has 2 aromatic rings. The average Bonchev–Trinajstić information content (AvgIpc) is 3.56. The number of nitrogens with zero attached hydrogens (tertiary/aromatic N) is 4. The molecule has 5 aliphatic heterocycles. The first-order valence-corrected chi connectivity index (χ1v) is 12.7. The van der Waals surface area contributed by atoms with Gasteiger partial charge in [-0.1, -0.05) is 17.3 Å². The van der Waals surface area contributed by atoms with Crippen LogP contribution in [0.2, 0.25) is 0 Å². The Balaban J connectivity index is 1.18. The van der Waals surface area contributed by atoms with Gasteiger partial charge in [0.2, 0.25) is 0 Å². The number of amides is 2. The predicted octanol–water partition coefficient (Wildman–Crippen LogP) is 1.80. The van der Waals surface area contributed by atoms with Crippen LogP contribution in [0.5, 0.6) is 5.75 Å². The lowest BCUT2D eigenvalue weighted by atomic mass is 9.88. The summed E-state index contributed by atoms with van der Waals surface area (Å²) in [5.41, 5.74) is 1.78. The molecule has 39 heavy (non-hydrogen) atoms. The van der Waals surface area contributed by atoms with Gasteiger partial charge < -0.3 is 24.5 Å². The van der Waals surface area contributed by atoms with Gasteiger partial charge in [0, 0.05) is 18.7 Å². The number of benzene rings is 2. The Kier molecular flexibility index (Phi) is 5.00. The second-order valence-electron chi connectivity index (χ2n) is 10.5. The molecule has 1 saturated heterocycles. The lowest BCUT2D eigenvalue weighted by Crippen LogP contribution is -2.51. The van der Waals surface area contributed by atoms with Crippen LogP contribution in [0.25, 0.3) is 0 Å². The lowest BCUT2D eigenvalue weighted by Gasteiger charge is -2.43. The third kappa shape index (κ3) is 3.30. The van der Waals surface area contributed by atoms with Gasteiger partial charge in [0.05, 0.1) is 47.6 Å². The fraction of sp³-hybridized carbons (Fsp3) is 0.370. The van der Waals surface area contributed by atoms with Gasteiger partial charge in [-0.25, -0.2) is 4.39 Å². The summed E-state index contributed by atoms with van der Waals surface area (Å²) in [6.45, 7) is 2.57. The van der Waals surface area contributed by atoms with E-state index in [0.717, 1.165) is 11.0 Å². The molecule has 0 bridgehead atoms. The molecule has 0 aromatic heterocycles. The number of hydrogen-bond acceptors (Lipinski definition) is 9. The Morgan fingerprint density at radius 3 is 2.49 bits per heavy atom. The summed E-state index contributed by atoms with van der Waals surface area (Å²) in [5, 5.41) is 13.7. The standard InChI is InChI=1S/C27H23FN4O7/c1-12-11-38-24-21-15(23(33)17(27(36)37)8-31(12)21)6-18(28)22(24)30-7-16-19(29-39-20(16)10-30)9-32-25(34)13-4-2-3-5-14(13)26(32)35/h2-6,12,16-17,20H,7-11H2,1H3,(H,36,37)/t12-,16?,17?,20?/m0/s1. The molecule has 0 aliphatic carbocycles. The van der Waals surface area contributed by atoms with Gasteiger partial charge in [-0.2, -0.15) is 0 Å². The predicted molar refractivity (Wildman–Crippen MR) is 134 cm³/mol. The zero-order chi connectivity index (χ0) is 27.2. The van der Waals surface area contributed by atoms with Crippen LogP contribution in [0.3, 0.4) is 0 Å². The van der Waals surface area contributed by atoms with Crippen molar-refractivity contribution in [2.45, 2.75) is 19.1 Å². The second kappa shape index (κ2) is 8.26. The smallest absolute Gasteiger partial charge is 0.316 e. The van der Waals surface area contributed by atoms with Crippen LogP contribution in [-0.4, -0.2) is 84.2 Å². The molecule has 11 nitrogen and oxygen atoms in total. The van der Waals surface area contributed by atoms with E-state index in [4.69, 9.17) is 9.57 Å². The average molecular weight is 535 g/mol. The van der Waals surface area contributed by atoms with Crippen LogP contribution in [0.4, 0.5) is 15.8 Å². The minimum absolute atomic E-state index is 0.0000306. The molecule has 3 unspecified atom stereocenters. The highest BCUT2D eigenvalue weighted by molar-refractivity contribution is 6.22. The van der Waals surface area contributed by atoms with Gasteiger partial charge >= 0.3 is 5.97 Å². The first-order valence-electron chi connectivity index (χ1n) is 12.7. The number of aliphatic carboxylic acids is 1. The van der Waals surface area contributed by atoms with E-state index in [1.54, 1.807) is 34.1 Å². The molecule has 1 fully saturated rings. The van der Waals surface area contributed by atoms with Crippen molar-refractivity contribution >= 4 is 40.7 Å². The highest BCUT2D eigenvalue weighted by Crippen LogP contribution is 2.50. The van der Waals surface area contributed by atoms with E-state index in [1.165, 1.54) is 0 Å². The van der Waals surface area contributed by atoms with Crippen molar-refractivity contribution in [3.63, 3.8) is 0 Å². The Labute approximate surface area is 221 Å². The van der Waals surface area contributed by atoms with E-state index >= 15 is 4.39 Å². The number of oxime groups is 1. The topological polar surface area (TPSA) is 129 Å². The van der Waals surface area contributed by atoms with Crippen LogP contribution in [0, 0.1) is 17.7 Å². The summed E-state index contributed by atoms with van der Waals surface area (Å²) in [7, 11) is 0. The Morgan fingerprint density at radius 1 is 1.08 bits per heavy atom. The van der Waals surface area contributed by atoms with Gasteiger partial charge in [0.1, 0.15) is 18.2 Å². The van der Waals surface area contributed by atoms with Crippen molar-refractivity contribution in [2.75, 3.05) is 42.6 Å². The molecule has 0 spiro atoms. The number of carboxylic acids is 1. The van der Waals surface area contributed by atoms with Crippen molar-refractivity contribution in [2.24, 2.45) is 17.0 Å². The highest BCUT2D eigenvalue weighted by Gasteiger charge is 2.49. The molecule has 7 rings (SSSR count). The quantitative estimate of drug-likeness (QED) is 0.461. The summed E-state index contributed by atoms with van der Waals surface area (Å²) in [4.78, 5) is 60.7. The number of imide groups is 1. The number of hydrogen-bond donors (Lipinski definition) is 1. The summed E-state index contributed by atoms with van der Waals surface area (Å²) < 4.78 is 21.7. The number of carbonyl (C=O) groups excluding carboxylic acids is 3. The Morgan fingerprint density at radius 2 is 1.79 bits per heavy atom. The SMILES string of the molecule is C[C@H]1COc2c(N3CC4ON=C(CN5C(=O)c6ccccc6C5=O)C4C3)c(F)cc3c2N1CC(C(=O)O)C3=O. The molecular formula is C27H23FN4O7. The molecular weight excluding hydrogens is 511 g/mol. The van der Waals surface area contributed by atoms with Gasteiger partial charge in [-0.05, 0) is 25.1 Å². The molecule has 5 aliphatic rings.